The van der Waals surface area contributed by atoms with Crippen LogP contribution in [0.3, 0.4) is 0 Å². The second kappa shape index (κ2) is 9.09. The molecule has 3 aromatic rings. The lowest BCUT2D eigenvalue weighted by Crippen LogP contribution is -2.25. The van der Waals surface area contributed by atoms with Crippen LogP contribution >= 0.6 is 0 Å². The highest BCUT2D eigenvalue weighted by Gasteiger charge is 2.18. The minimum Gasteiger partial charge on any atom is -0.489 e. The maximum atomic E-state index is 11.7. The first-order valence-corrected chi connectivity index (χ1v) is 9.42. The van der Waals surface area contributed by atoms with E-state index in [-0.39, 0.29) is 0 Å². The Morgan fingerprint density at radius 1 is 0.964 bits per heavy atom. The van der Waals surface area contributed by atoms with E-state index in [2.05, 4.69) is 4.90 Å². The molecule has 0 saturated carbocycles. The first-order chi connectivity index (χ1) is 13.6. The standard InChI is InChI=1S/C24H25NO3/c1-3-25(23-18(2)10-9-14-21(23)24(26)27)16-20-13-7-8-15-22(20)28-17-19-11-5-4-6-12-19/h4-15H,3,16-17H2,1-2H3,(H,26,27). The number of hydrogen-bond donors (Lipinski definition) is 1. The van der Waals surface area contributed by atoms with Gasteiger partial charge in [-0.1, -0.05) is 60.7 Å². The highest BCUT2D eigenvalue weighted by Crippen LogP contribution is 2.29. The summed E-state index contributed by atoms with van der Waals surface area (Å²) in [6, 6.07) is 23.4. The molecule has 4 nitrogen and oxygen atoms in total. The summed E-state index contributed by atoms with van der Waals surface area (Å²) in [7, 11) is 0. The topological polar surface area (TPSA) is 49.8 Å². The van der Waals surface area contributed by atoms with Crippen molar-refractivity contribution in [1.82, 2.24) is 0 Å². The molecule has 28 heavy (non-hydrogen) atoms. The third-order valence-corrected chi connectivity index (χ3v) is 4.74. The first-order valence-electron chi connectivity index (χ1n) is 9.42. The molecule has 0 aromatic heterocycles. The minimum atomic E-state index is -0.911. The van der Waals surface area contributed by atoms with E-state index >= 15 is 0 Å². The van der Waals surface area contributed by atoms with Gasteiger partial charge in [-0.25, -0.2) is 4.79 Å². The fourth-order valence-corrected chi connectivity index (χ4v) is 3.32. The molecule has 3 rings (SSSR count). The van der Waals surface area contributed by atoms with Crippen LogP contribution in [0, 0.1) is 6.92 Å². The summed E-state index contributed by atoms with van der Waals surface area (Å²) >= 11 is 0. The molecule has 0 radical (unpaired) electrons. The maximum absolute atomic E-state index is 11.7. The molecule has 0 bridgehead atoms. The summed E-state index contributed by atoms with van der Waals surface area (Å²) in [6.07, 6.45) is 0. The van der Waals surface area contributed by atoms with E-state index in [1.165, 1.54) is 0 Å². The van der Waals surface area contributed by atoms with Gasteiger partial charge in [-0.05, 0) is 37.1 Å². The number of benzene rings is 3. The average Bonchev–Trinajstić information content (AvgIpc) is 2.72. The normalized spacial score (nSPS) is 10.5. The van der Waals surface area contributed by atoms with Gasteiger partial charge in [0.15, 0.2) is 0 Å². The van der Waals surface area contributed by atoms with Crippen LogP contribution in [0.5, 0.6) is 5.75 Å². The Balaban J connectivity index is 1.86. The number of para-hydroxylation sites is 2. The lowest BCUT2D eigenvalue weighted by molar-refractivity contribution is 0.0697. The SMILES string of the molecule is CCN(Cc1ccccc1OCc1ccccc1)c1c(C)cccc1C(=O)O. The summed E-state index contributed by atoms with van der Waals surface area (Å²) in [6.45, 7) is 5.74. The summed E-state index contributed by atoms with van der Waals surface area (Å²) in [5.74, 6) is -0.0963. The molecule has 4 heteroatoms. The summed E-state index contributed by atoms with van der Waals surface area (Å²) in [5.41, 5.74) is 4.17. The number of hydrogen-bond acceptors (Lipinski definition) is 3. The zero-order valence-electron chi connectivity index (χ0n) is 16.3. The van der Waals surface area contributed by atoms with E-state index in [0.29, 0.717) is 25.3 Å². The Morgan fingerprint density at radius 2 is 1.68 bits per heavy atom. The highest BCUT2D eigenvalue weighted by atomic mass is 16.5. The highest BCUT2D eigenvalue weighted by molar-refractivity contribution is 5.95. The maximum Gasteiger partial charge on any atom is 0.337 e. The average molecular weight is 375 g/mol. The molecule has 0 fully saturated rings. The van der Waals surface area contributed by atoms with Gasteiger partial charge < -0.3 is 14.7 Å². The molecule has 0 aliphatic heterocycles. The summed E-state index contributed by atoms with van der Waals surface area (Å²) < 4.78 is 6.07. The molecule has 3 aromatic carbocycles. The van der Waals surface area contributed by atoms with E-state index in [1.807, 2.05) is 74.5 Å². The van der Waals surface area contributed by atoms with Gasteiger partial charge in [-0.3, -0.25) is 0 Å². The van der Waals surface area contributed by atoms with Gasteiger partial charge in [-0.2, -0.15) is 0 Å². The number of aromatic carboxylic acids is 1. The molecule has 0 heterocycles. The van der Waals surface area contributed by atoms with Gasteiger partial charge in [0.2, 0.25) is 0 Å². The molecule has 0 unspecified atom stereocenters. The Bertz CT molecular complexity index is 938. The molecule has 144 valence electrons. The van der Waals surface area contributed by atoms with Crippen LogP contribution in [0.25, 0.3) is 0 Å². The second-order valence-corrected chi connectivity index (χ2v) is 6.67. The number of nitrogens with zero attached hydrogens (tertiary/aromatic N) is 1. The fourth-order valence-electron chi connectivity index (χ4n) is 3.32. The first kappa shape index (κ1) is 19.5. The molecular formula is C24H25NO3. The number of carbonyl (C=O) groups is 1. The van der Waals surface area contributed by atoms with Crippen molar-refractivity contribution in [2.45, 2.75) is 27.0 Å². The van der Waals surface area contributed by atoms with Crippen LogP contribution in [-0.4, -0.2) is 17.6 Å². The number of aryl methyl sites for hydroxylation is 1. The molecule has 0 aliphatic carbocycles. The summed E-state index contributed by atoms with van der Waals surface area (Å²) in [4.78, 5) is 13.8. The van der Waals surface area contributed by atoms with E-state index in [9.17, 15) is 9.90 Å². The minimum absolute atomic E-state index is 0.324. The van der Waals surface area contributed by atoms with Gasteiger partial charge in [0.1, 0.15) is 12.4 Å². The molecule has 0 saturated heterocycles. The Morgan fingerprint density at radius 3 is 2.39 bits per heavy atom. The van der Waals surface area contributed by atoms with Crippen LogP contribution in [0.2, 0.25) is 0 Å². The predicted molar refractivity (Wildman–Crippen MR) is 112 cm³/mol. The lowest BCUT2D eigenvalue weighted by atomic mass is 10.1. The smallest absolute Gasteiger partial charge is 0.337 e. The van der Waals surface area contributed by atoms with Crippen molar-refractivity contribution in [3.05, 3.63) is 95.1 Å². The zero-order valence-corrected chi connectivity index (χ0v) is 16.3. The third kappa shape index (κ3) is 4.52. The number of ether oxygens (including phenoxy) is 1. The number of anilines is 1. The molecule has 0 spiro atoms. The van der Waals surface area contributed by atoms with Crippen molar-refractivity contribution >= 4 is 11.7 Å². The van der Waals surface area contributed by atoms with Crippen molar-refractivity contribution in [3.63, 3.8) is 0 Å². The van der Waals surface area contributed by atoms with Crippen LogP contribution in [0.15, 0.2) is 72.8 Å². The molecule has 1 N–H and O–H groups in total. The van der Waals surface area contributed by atoms with Crippen LogP contribution in [0.1, 0.15) is 34.0 Å². The van der Waals surface area contributed by atoms with Crippen LogP contribution in [0.4, 0.5) is 5.69 Å². The van der Waals surface area contributed by atoms with E-state index in [1.54, 1.807) is 12.1 Å². The van der Waals surface area contributed by atoms with E-state index < -0.39 is 5.97 Å². The predicted octanol–water partition coefficient (Wildman–Crippen LogP) is 5.30. The van der Waals surface area contributed by atoms with Gasteiger partial charge in [0, 0.05) is 18.7 Å². The van der Waals surface area contributed by atoms with Gasteiger partial charge in [0.05, 0.1) is 11.3 Å². The molecule has 0 amide bonds. The van der Waals surface area contributed by atoms with Crippen molar-refractivity contribution in [2.24, 2.45) is 0 Å². The molecule has 0 atom stereocenters. The quantitative estimate of drug-likeness (QED) is 0.580. The van der Waals surface area contributed by atoms with Crippen LogP contribution < -0.4 is 9.64 Å². The fraction of sp³-hybridized carbons (Fsp3) is 0.208. The third-order valence-electron chi connectivity index (χ3n) is 4.74. The Labute approximate surface area is 166 Å². The van der Waals surface area contributed by atoms with Crippen molar-refractivity contribution < 1.29 is 14.6 Å². The largest absolute Gasteiger partial charge is 0.489 e. The number of rotatable bonds is 8. The molecular weight excluding hydrogens is 350 g/mol. The number of carboxylic acids is 1. The van der Waals surface area contributed by atoms with Gasteiger partial charge >= 0.3 is 5.97 Å². The summed E-state index contributed by atoms with van der Waals surface area (Å²) in [5, 5.41) is 9.61. The van der Waals surface area contributed by atoms with Gasteiger partial charge in [-0.15, -0.1) is 0 Å². The Hall–Kier alpha value is -3.27. The van der Waals surface area contributed by atoms with Crippen LogP contribution in [-0.2, 0) is 13.2 Å². The lowest BCUT2D eigenvalue weighted by Gasteiger charge is -2.27. The molecule has 0 aliphatic rings. The van der Waals surface area contributed by atoms with Crippen molar-refractivity contribution in [3.8, 4) is 5.75 Å². The number of carboxylic acid groups (broad SMARTS) is 1. The van der Waals surface area contributed by atoms with E-state index in [4.69, 9.17) is 4.74 Å². The Kier molecular flexibility index (Phi) is 6.33. The van der Waals surface area contributed by atoms with Crippen molar-refractivity contribution in [1.29, 1.82) is 0 Å². The monoisotopic (exact) mass is 375 g/mol. The zero-order chi connectivity index (χ0) is 19.9. The second-order valence-electron chi connectivity index (χ2n) is 6.67. The van der Waals surface area contributed by atoms with Gasteiger partial charge in [0.25, 0.3) is 0 Å². The van der Waals surface area contributed by atoms with E-state index in [0.717, 1.165) is 28.1 Å². The van der Waals surface area contributed by atoms with Crippen molar-refractivity contribution in [2.75, 3.05) is 11.4 Å².